The molecular formula is C11H14N2O. The third-order valence-electron chi connectivity index (χ3n) is 2.19. The van der Waals surface area contributed by atoms with Crippen molar-refractivity contribution in [3.63, 3.8) is 0 Å². The van der Waals surface area contributed by atoms with Gasteiger partial charge in [0.25, 0.3) is 0 Å². The predicted octanol–water partition coefficient (Wildman–Crippen LogP) is 2.23. The smallest absolute Gasteiger partial charge is 0.0635 e. The summed E-state index contributed by atoms with van der Waals surface area (Å²) in [5, 5.41) is 4.52. The van der Waals surface area contributed by atoms with Crippen LogP contribution in [0.25, 0.3) is 10.9 Å². The molecule has 0 spiro atoms. The molecule has 74 valence electrons. The lowest BCUT2D eigenvalue weighted by Gasteiger charge is -2.05. The van der Waals surface area contributed by atoms with E-state index in [1.807, 2.05) is 6.20 Å². The molecule has 3 nitrogen and oxygen atoms in total. The summed E-state index contributed by atoms with van der Waals surface area (Å²) in [6.45, 7) is 1.57. The number of aromatic amines is 1. The molecule has 2 aromatic rings. The summed E-state index contributed by atoms with van der Waals surface area (Å²) in [7, 11) is 1.71. The molecule has 0 unspecified atom stereocenters. The number of methoxy groups -OCH3 is 1. The Bertz CT molecular complexity index is 408. The van der Waals surface area contributed by atoms with E-state index in [1.54, 1.807) is 7.11 Å². The number of rotatable bonds is 4. The van der Waals surface area contributed by atoms with Gasteiger partial charge in [0.2, 0.25) is 0 Å². The first-order chi connectivity index (χ1) is 6.90. The summed E-state index contributed by atoms with van der Waals surface area (Å²) >= 11 is 0. The molecule has 2 N–H and O–H groups in total. The van der Waals surface area contributed by atoms with Crippen LogP contribution in [-0.4, -0.2) is 25.2 Å². The molecule has 14 heavy (non-hydrogen) atoms. The first-order valence-electron chi connectivity index (χ1n) is 4.70. The Balaban J connectivity index is 2.10. The highest BCUT2D eigenvalue weighted by Crippen LogP contribution is 2.17. The lowest BCUT2D eigenvalue weighted by atomic mass is 10.2. The maximum absolute atomic E-state index is 4.97. The van der Waals surface area contributed by atoms with E-state index in [1.165, 1.54) is 10.9 Å². The predicted molar refractivity (Wildman–Crippen MR) is 58.7 cm³/mol. The van der Waals surface area contributed by atoms with E-state index in [9.17, 15) is 0 Å². The molecule has 0 saturated carbocycles. The monoisotopic (exact) mass is 190 g/mol. The Hall–Kier alpha value is -1.48. The van der Waals surface area contributed by atoms with Crippen LogP contribution in [0.3, 0.4) is 0 Å². The standard InChI is InChI=1S/C11H14N2O/c1-14-7-6-12-10-2-3-11-9(8-10)4-5-13-11/h2-5,8,12-13H,6-7H2,1H3. The zero-order valence-corrected chi connectivity index (χ0v) is 8.21. The molecule has 0 fully saturated rings. The van der Waals surface area contributed by atoms with Crippen LogP contribution in [0.1, 0.15) is 0 Å². The number of nitrogens with one attached hydrogen (secondary N) is 2. The number of aromatic nitrogens is 1. The molecule has 0 aliphatic heterocycles. The van der Waals surface area contributed by atoms with Crippen molar-refractivity contribution < 1.29 is 4.74 Å². The van der Waals surface area contributed by atoms with Gasteiger partial charge in [-0.05, 0) is 24.3 Å². The number of hydrogen-bond donors (Lipinski definition) is 2. The minimum atomic E-state index is 0.727. The van der Waals surface area contributed by atoms with Crippen molar-refractivity contribution in [1.82, 2.24) is 4.98 Å². The van der Waals surface area contributed by atoms with Gasteiger partial charge in [0.15, 0.2) is 0 Å². The fourth-order valence-electron chi connectivity index (χ4n) is 1.46. The Kier molecular flexibility index (Phi) is 2.70. The molecule has 1 aromatic heterocycles. The second-order valence-electron chi connectivity index (χ2n) is 3.20. The van der Waals surface area contributed by atoms with E-state index in [4.69, 9.17) is 4.74 Å². The lowest BCUT2D eigenvalue weighted by Crippen LogP contribution is -2.07. The van der Waals surface area contributed by atoms with E-state index in [0.717, 1.165) is 18.8 Å². The summed E-state index contributed by atoms with van der Waals surface area (Å²) in [6, 6.07) is 8.33. The van der Waals surface area contributed by atoms with Gasteiger partial charge in [-0.2, -0.15) is 0 Å². The summed E-state index contributed by atoms with van der Waals surface area (Å²) in [5.41, 5.74) is 2.30. The Labute approximate surface area is 83.1 Å². The van der Waals surface area contributed by atoms with Gasteiger partial charge in [-0.1, -0.05) is 0 Å². The third-order valence-corrected chi connectivity index (χ3v) is 2.19. The van der Waals surface area contributed by atoms with Gasteiger partial charge in [-0.3, -0.25) is 0 Å². The summed E-state index contributed by atoms with van der Waals surface area (Å²) in [4.78, 5) is 3.16. The van der Waals surface area contributed by atoms with Crippen LogP contribution >= 0.6 is 0 Å². The van der Waals surface area contributed by atoms with E-state index in [2.05, 4.69) is 34.6 Å². The van der Waals surface area contributed by atoms with Gasteiger partial charge in [0, 0.05) is 36.4 Å². The zero-order chi connectivity index (χ0) is 9.80. The molecule has 2 rings (SSSR count). The maximum atomic E-state index is 4.97. The van der Waals surface area contributed by atoms with Crippen LogP contribution < -0.4 is 5.32 Å². The molecule has 0 aliphatic rings. The first kappa shape index (κ1) is 9.09. The van der Waals surface area contributed by atoms with E-state index in [0.29, 0.717) is 0 Å². The van der Waals surface area contributed by atoms with Crippen LogP contribution in [0.2, 0.25) is 0 Å². The molecule has 3 heteroatoms. The third kappa shape index (κ3) is 1.88. The summed E-state index contributed by atoms with van der Waals surface area (Å²) < 4.78 is 4.97. The average Bonchev–Trinajstić information content (AvgIpc) is 2.65. The van der Waals surface area contributed by atoms with Gasteiger partial charge < -0.3 is 15.0 Å². The molecule has 0 atom stereocenters. The number of ether oxygens (including phenoxy) is 1. The van der Waals surface area contributed by atoms with Crippen LogP contribution in [0.15, 0.2) is 30.5 Å². The molecule has 1 aromatic carbocycles. The first-order valence-corrected chi connectivity index (χ1v) is 4.70. The van der Waals surface area contributed by atoms with Gasteiger partial charge in [0.1, 0.15) is 0 Å². The molecular weight excluding hydrogens is 176 g/mol. The molecule has 0 saturated heterocycles. The summed E-state index contributed by atoms with van der Waals surface area (Å²) in [5.74, 6) is 0. The minimum absolute atomic E-state index is 0.727. The second kappa shape index (κ2) is 4.15. The second-order valence-corrected chi connectivity index (χ2v) is 3.20. The molecule has 0 aliphatic carbocycles. The number of hydrogen-bond acceptors (Lipinski definition) is 2. The maximum Gasteiger partial charge on any atom is 0.0635 e. The molecule has 0 radical (unpaired) electrons. The zero-order valence-electron chi connectivity index (χ0n) is 8.21. The van der Waals surface area contributed by atoms with Gasteiger partial charge in [-0.25, -0.2) is 0 Å². The Morgan fingerprint density at radius 1 is 1.36 bits per heavy atom. The van der Waals surface area contributed by atoms with E-state index >= 15 is 0 Å². The summed E-state index contributed by atoms with van der Waals surface area (Å²) in [6.07, 6.45) is 1.95. The lowest BCUT2D eigenvalue weighted by molar-refractivity contribution is 0.211. The van der Waals surface area contributed by atoms with Gasteiger partial charge >= 0.3 is 0 Å². The topological polar surface area (TPSA) is 37.0 Å². The molecule has 1 heterocycles. The average molecular weight is 190 g/mol. The number of H-pyrrole nitrogens is 1. The van der Waals surface area contributed by atoms with Crippen molar-refractivity contribution in [3.05, 3.63) is 30.5 Å². The number of anilines is 1. The fraction of sp³-hybridized carbons (Fsp3) is 0.273. The van der Waals surface area contributed by atoms with Crippen LogP contribution in [0.4, 0.5) is 5.69 Å². The van der Waals surface area contributed by atoms with Gasteiger partial charge in [0.05, 0.1) is 6.61 Å². The van der Waals surface area contributed by atoms with E-state index in [-0.39, 0.29) is 0 Å². The highest BCUT2D eigenvalue weighted by atomic mass is 16.5. The molecule has 0 bridgehead atoms. The van der Waals surface area contributed by atoms with Gasteiger partial charge in [-0.15, -0.1) is 0 Å². The largest absolute Gasteiger partial charge is 0.383 e. The highest BCUT2D eigenvalue weighted by Gasteiger charge is 1.95. The van der Waals surface area contributed by atoms with Crippen molar-refractivity contribution in [3.8, 4) is 0 Å². The fourth-order valence-corrected chi connectivity index (χ4v) is 1.46. The quantitative estimate of drug-likeness (QED) is 0.725. The SMILES string of the molecule is COCCNc1ccc2[nH]ccc2c1. The van der Waals surface area contributed by atoms with Crippen molar-refractivity contribution >= 4 is 16.6 Å². The van der Waals surface area contributed by atoms with Crippen molar-refractivity contribution in [2.24, 2.45) is 0 Å². The number of benzene rings is 1. The Morgan fingerprint density at radius 2 is 2.29 bits per heavy atom. The minimum Gasteiger partial charge on any atom is -0.383 e. The van der Waals surface area contributed by atoms with Crippen LogP contribution in [0.5, 0.6) is 0 Å². The Morgan fingerprint density at radius 3 is 3.14 bits per heavy atom. The van der Waals surface area contributed by atoms with Crippen LogP contribution in [0, 0.1) is 0 Å². The number of fused-ring (bicyclic) bond motifs is 1. The van der Waals surface area contributed by atoms with Crippen molar-refractivity contribution in [2.75, 3.05) is 25.6 Å². The highest BCUT2D eigenvalue weighted by molar-refractivity contribution is 5.82. The normalized spacial score (nSPS) is 10.6. The van der Waals surface area contributed by atoms with E-state index < -0.39 is 0 Å². The van der Waals surface area contributed by atoms with Crippen molar-refractivity contribution in [1.29, 1.82) is 0 Å². The van der Waals surface area contributed by atoms with Crippen LogP contribution in [-0.2, 0) is 4.74 Å². The van der Waals surface area contributed by atoms with Crippen molar-refractivity contribution in [2.45, 2.75) is 0 Å². The molecule has 0 amide bonds.